The molecule has 0 aliphatic carbocycles. The fourth-order valence-corrected chi connectivity index (χ4v) is 0.123. The van der Waals surface area contributed by atoms with E-state index in [0.29, 0.717) is 0 Å². The van der Waals surface area contributed by atoms with Gasteiger partial charge in [-0.2, -0.15) is 0 Å². The Kier molecular flexibility index (Phi) is 9.29. The Labute approximate surface area is 64.5 Å². The minimum Gasteiger partial charge on any atom is -0.481 e. The van der Waals surface area contributed by atoms with Gasteiger partial charge < -0.3 is 10.2 Å². The number of rotatable bonds is 3. The van der Waals surface area contributed by atoms with Gasteiger partial charge in [0, 0.05) is 6.08 Å². The van der Waals surface area contributed by atoms with Crippen molar-refractivity contribution in [1.82, 2.24) is 0 Å². The van der Waals surface area contributed by atoms with Crippen LogP contribution in [0.15, 0.2) is 25.3 Å². The summed E-state index contributed by atoms with van der Waals surface area (Å²) >= 11 is 0. The van der Waals surface area contributed by atoms with Crippen molar-refractivity contribution in [2.75, 3.05) is 0 Å². The summed E-state index contributed by atoms with van der Waals surface area (Å²) in [5.41, 5.74) is 0. The van der Waals surface area contributed by atoms with Crippen molar-refractivity contribution >= 4 is 11.9 Å². The first kappa shape index (κ1) is 12.1. The third-order valence-corrected chi connectivity index (χ3v) is 0.494. The average Bonchev–Trinajstić information content (AvgIpc) is 1.89. The molecule has 62 valence electrons. The fraction of sp³-hybridized carbons (Fsp3) is 0.143. The first-order chi connectivity index (χ1) is 5.04. The Bertz CT molecular complexity index is 160. The summed E-state index contributed by atoms with van der Waals surface area (Å²) < 4.78 is 0. The van der Waals surface area contributed by atoms with Crippen LogP contribution >= 0.6 is 0 Å². The van der Waals surface area contributed by atoms with E-state index >= 15 is 0 Å². The number of hydrogen-bond acceptors (Lipinski definition) is 2. The predicted octanol–water partition coefficient (Wildman–Crippen LogP) is 0.904. The molecule has 0 fully saturated rings. The Morgan fingerprint density at radius 2 is 1.64 bits per heavy atom. The lowest BCUT2D eigenvalue weighted by atomic mass is 10.4. The van der Waals surface area contributed by atoms with Crippen LogP contribution in [0.2, 0.25) is 0 Å². The quantitative estimate of drug-likeness (QED) is 0.472. The van der Waals surface area contributed by atoms with Crippen molar-refractivity contribution in [1.29, 1.82) is 0 Å². The maximum Gasteiger partial charge on any atom is 0.327 e. The van der Waals surface area contributed by atoms with Gasteiger partial charge >= 0.3 is 11.9 Å². The molecule has 0 saturated carbocycles. The van der Waals surface area contributed by atoms with Gasteiger partial charge in [-0.05, 0) is 0 Å². The highest BCUT2D eigenvalue weighted by molar-refractivity contribution is 5.78. The number of hydrogen-bond donors (Lipinski definition) is 2. The molecule has 0 aromatic rings. The predicted molar refractivity (Wildman–Crippen MR) is 40.3 cm³/mol. The highest BCUT2D eigenvalue weighted by Gasteiger charge is 1.84. The van der Waals surface area contributed by atoms with Gasteiger partial charge in [0.05, 0.1) is 6.42 Å². The zero-order chi connectivity index (χ0) is 9.28. The Morgan fingerprint density at radius 3 is 1.64 bits per heavy atom. The maximum absolute atomic E-state index is 9.53. The summed E-state index contributed by atoms with van der Waals surface area (Å²) in [4.78, 5) is 18.8. The second-order valence-corrected chi connectivity index (χ2v) is 1.43. The number of aliphatic carboxylic acids is 2. The molecule has 0 saturated heterocycles. The van der Waals surface area contributed by atoms with E-state index in [0.717, 1.165) is 6.08 Å². The maximum atomic E-state index is 9.53. The lowest BCUT2D eigenvalue weighted by Crippen LogP contribution is -1.88. The standard InChI is InChI=1S/C4H6O2.C3H4O2/c1-2-3-4(5)6;1-2-3(4)5/h2H,1,3H2,(H,5,6);2H,1H2,(H,4,5). The van der Waals surface area contributed by atoms with E-state index in [-0.39, 0.29) is 6.42 Å². The molecule has 0 atom stereocenters. The number of carbonyl (C=O) groups is 2. The number of carboxylic acid groups (broad SMARTS) is 2. The SMILES string of the molecule is C=CC(=O)O.C=CCC(=O)O. The molecule has 2 N–H and O–H groups in total. The van der Waals surface area contributed by atoms with Crippen LogP contribution in [0.5, 0.6) is 0 Å². The molecule has 0 bridgehead atoms. The summed E-state index contributed by atoms with van der Waals surface area (Å²) in [5.74, 6) is -1.81. The molecule has 4 nitrogen and oxygen atoms in total. The van der Waals surface area contributed by atoms with Crippen molar-refractivity contribution in [2.24, 2.45) is 0 Å². The van der Waals surface area contributed by atoms with Crippen LogP contribution in [0.25, 0.3) is 0 Å². The van der Waals surface area contributed by atoms with E-state index in [2.05, 4.69) is 13.2 Å². The zero-order valence-corrected chi connectivity index (χ0v) is 5.99. The molecule has 0 rings (SSSR count). The Balaban J connectivity index is 0. The van der Waals surface area contributed by atoms with Crippen molar-refractivity contribution in [2.45, 2.75) is 6.42 Å². The molecule has 0 amide bonds. The highest BCUT2D eigenvalue weighted by Crippen LogP contribution is 1.74. The first-order valence-electron chi connectivity index (χ1n) is 2.72. The molecule has 0 spiro atoms. The molecule has 0 radical (unpaired) electrons. The zero-order valence-electron chi connectivity index (χ0n) is 5.99. The molecule has 0 aromatic heterocycles. The van der Waals surface area contributed by atoms with Gasteiger partial charge in [0.1, 0.15) is 0 Å². The van der Waals surface area contributed by atoms with Gasteiger partial charge in [0.25, 0.3) is 0 Å². The van der Waals surface area contributed by atoms with E-state index < -0.39 is 11.9 Å². The van der Waals surface area contributed by atoms with Gasteiger partial charge in [0.2, 0.25) is 0 Å². The number of carboxylic acids is 2. The van der Waals surface area contributed by atoms with E-state index in [1.165, 1.54) is 6.08 Å². The minimum atomic E-state index is -0.981. The molecule has 0 unspecified atom stereocenters. The summed E-state index contributed by atoms with van der Waals surface area (Å²) in [6.45, 7) is 6.18. The summed E-state index contributed by atoms with van der Waals surface area (Å²) in [5, 5.41) is 15.4. The van der Waals surface area contributed by atoms with Crippen LogP contribution in [0.4, 0.5) is 0 Å². The largest absolute Gasteiger partial charge is 0.481 e. The Morgan fingerprint density at radius 1 is 1.27 bits per heavy atom. The molecule has 4 heteroatoms. The van der Waals surface area contributed by atoms with E-state index in [9.17, 15) is 9.59 Å². The van der Waals surface area contributed by atoms with Crippen LogP contribution in [-0.2, 0) is 9.59 Å². The van der Waals surface area contributed by atoms with Crippen LogP contribution in [0, 0.1) is 0 Å². The highest BCUT2D eigenvalue weighted by atomic mass is 16.4. The van der Waals surface area contributed by atoms with Crippen molar-refractivity contribution in [3.8, 4) is 0 Å². The summed E-state index contributed by atoms with van der Waals surface area (Å²) in [6.07, 6.45) is 2.24. The molecular formula is C7H10O4. The summed E-state index contributed by atoms with van der Waals surface area (Å²) in [6, 6.07) is 0. The first-order valence-corrected chi connectivity index (χ1v) is 2.72. The monoisotopic (exact) mass is 158 g/mol. The third-order valence-electron chi connectivity index (χ3n) is 0.494. The van der Waals surface area contributed by atoms with E-state index in [4.69, 9.17) is 10.2 Å². The van der Waals surface area contributed by atoms with Gasteiger partial charge in [-0.3, -0.25) is 4.79 Å². The smallest absolute Gasteiger partial charge is 0.327 e. The lowest BCUT2D eigenvalue weighted by Gasteiger charge is -1.75. The van der Waals surface area contributed by atoms with Crippen LogP contribution in [0.3, 0.4) is 0 Å². The van der Waals surface area contributed by atoms with Crippen LogP contribution in [0.1, 0.15) is 6.42 Å². The second kappa shape index (κ2) is 8.42. The average molecular weight is 158 g/mol. The molecule has 0 aliphatic rings. The Hall–Kier alpha value is -1.58. The molecule has 0 heterocycles. The molecule has 11 heavy (non-hydrogen) atoms. The molecule has 0 aliphatic heterocycles. The fourth-order valence-electron chi connectivity index (χ4n) is 0.123. The lowest BCUT2D eigenvalue weighted by molar-refractivity contribution is -0.136. The normalized spacial score (nSPS) is 6.91. The van der Waals surface area contributed by atoms with E-state index in [1.54, 1.807) is 0 Å². The minimum absolute atomic E-state index is 0.0556. The van der Waals surface area contributed by atoms with Crippen LogP contribution < -0.4 is 0 Å². The van der Waals surface area contributed by atoms with Crippen molar-refractivity contribution in [3.05, 3.63) is 25.3 Å². The molecular weight excluding hydrogens is 148 g/mol. The van der Waals surface area contributed by atoms with Gasteiger partial charge in [-0.25, -0.2) is 4.79 Å². The summed E-state index contributed by atoms with van der Waals surface area (Å²) in [7, 11) is 0. The topological polar surface area (TPSA) is 74.6 Å². The van der Waals surface area contributed by atoms with Crippen LogP contribution in [-0.4, -0.2) is 22.2 Å². The van der Waals surface area contributed by atoms with Gasteiger partial charge in [0.15, 0.2) is 0 Å². The second-order valence-electron chi connectivity index (χ2n) is 1.43. The molecule has 0 aromatic carbocycles. The van der Waals surface area contributed by atoms with Crippen molar-refractivity contribution in [3.63, 3.8) is 0 Å². The van der Waals surface area contributed by atoms with Gasteiger partial charge in [-0.15, -0.1) is 6.58 Å². The van der Waals surface area contributed by atoms with E-state index in [1.807, 2.05) is 0 Å². The van der Waals surface area contributed by atoms with Crippen molar-refractivity contribution < 1.29 is 19.8 Å². The third kappa shape index (κ3) is 29.7. The van der Waals surface area contributed by atoms with Gasteiger partial charge in [-0.1, -0.05) is 12.7 Å².